The molecular formula is C14H14N6S. The van der Waals surface area contributed by atoms with Gasteiger partial charge >= 0.3 is 0 Å². The van der Waals surface area contributed by atoms with Gasteiger partial charge in [-0.3, -0.25) is 10.1 Å². The summed E-state index contributed by atoms with van der Waals surface area (Å²) in [5.74, 6) is 0.0152. The summed E-state index contributed by atoms with van der Waals surface area (Å²) in [5, 5.41) is 14.7. The highest BCUT2D eigenvalue weighted by atomic mass is 32.2. The SMILES string of the molecule is Cc1nn(C)c(Sc2ncnc3ccccc23)c1C(=N)N. The second-order valence-electron chi connectivity index (χ2n) is 4.60. The number of hydrogen-bond acceptors (Lipinski definition) is 5. The van der Waals surface area contributed by atoms with E-state index in [0.717, 1.165) is 26.6 Å². The second kappa shape index (κ2) is 5.17. The zero-order valence-electron chi connectivity index (χ0n) is 11.7. The lowest BCUT2D eigenvalue weighted by molar-refractivity contribution is 0.691. The summed E-state index contributed by atoms with van der Waals surface area (Å²) in [5.41, 5.74) is 7.97. The fourth-order valence-corrected chi connectivity index (χ4v) is 3.32. The monoisotopic (exact) mass is 298 g/mol. The number of amidine groups is 1. The highest BCUT2D eigenvalue weighted by molar-refractivity contribution is 7.99. The van der Waals surface area contributed by atoms with Gasteiger partial charge in [-0.05, 0) is 24.8 Å². The van der Waals surface area contributed by atoms with Gasteiger partial charge in [0.15, 0.2) is 0 Å². The van der Waals surface area contributed by atoms with E-state index in [-0.39, 0.29) is 5.84 Å². The number of fused-ring (bicyclic) bond motifs is 1. The van der Waals surface area contributed by atoms with Crippen LogP contribution in [-0.2, 0) is 7.05 Å². The summed E-state index contributed by atoms with van der Waals surface area (Å²) in [4.78, 5) is 8.61. The first kappa shape index (κ1) is 13.6. The van der Waals surface area contributed by atoms with Crippen molar-refractivity contribution < 1.29 is 0 Å². The molecule has 21 heavy (non-hydrogen) atoms. The van der Waals surface area contributed by atoms with Gasteiger partial charge < -0.3 is 5.73 Å². The lowest BCUT2D eigenvalue weighted by Crippen LogP contribution is -2.13. The average molecular weight is 298 g/mol. The zero-order valence-corrected chi connectivity index (χ0v) is 12.5. The van der Waals surface area contributed by atoms with Crippen LogP contribution in [0, 0.1) is 12.3 Å². The molecule has 0 radical (unpaired) electrons. The Bertz CT molecular complexity index is 833. The van der Waals surface area contributed by atoms with Gasteiger partial charge in [-0.1, -0.05) is 18.2 Å². The Balaban J connectivity index is 2.14. The van der Waals surface area contributed by atoms with Crippen molar-refractivity contribution in [2.75, 3.05) is 0 Å². The zero-order chi connectivity index (χ0) is 15.0. The van der Waals surface area contributed by atoms with Gasteiger partial charge in [0, 0.05) is 12.4 Å². The molecule has 0 spiro atoms. The van der Waals surface area contributed by atoms with Crippen LogP contribution in [0.1, 0.15) is 11.3 Å². The van der Waals surface area contributed by atoms with Gasteiger partial charge in [0.2, 0.25) is 0 Å². The van der Waals surface area contributed by atoms with E-state index in [1.807, 2.05) is 38.2 Å². The molecule has 0 amide bonds. The molecule has 3 N–H and O–H groups in total. The van der Waals surface area contributed by atoms with Crippen molar-refractivity contribution in [2.45, 2.75) is 17.0 Å². The summed E-state index contributed by atoms with van der Waals surface area (Å²) < 4.78 is 1.73. The molecule has 0 saturated carbocycles. The standard InChI is InChI=1S/C14H14N6S/c1-8-11(12(15)16)14(20(2)19-8)21-13-9-5-3-4-6-10(9)17-7-18-13/h3-7H,1-2H3,(H3,15,16). The number of aromatic nitrogens is 4. The molecule has 0 unspecified atom stereocenters. The third-order valence-electron chi connectivity index (χ3n) is 3.14. The summed E-state index contributed by atoms with van der Waals surface area (Å²) in [6.45, 7) is 1.85. The highest BCUT2D eigenvalue weighted by Gasteiger charge is 2.18. The van der Waals surface area contributed by atoms with Crippen LogP contribution in [-0.4, -0.2) is 25.6 Å². The average Bonchev–Trinajstić information content (AvgIpc) is 2.73. The van der Waals surface area contributed by atoms with E-state index >= 15 is 0 Å². The predicted octanol–water partition coefficient (Wildman–Crippen LogP) is 2.11. The molecular weight excluding hydrogens is 284 g/mol. The Morgan fingerprint density at radius 2 is 2.05 bits per heavy atom. The molecule has 106 valence electrons. The number of nitrogens with zero attached hydrogens (tertiary/aromatic N) is 4. The summed E-state index contributed by atoms with van der Waals surface area (Å²) >= 11 is 1.45. The summed E-state index contributed by atoms with van der Waals surface area (Å²) in [6, 6.07) is 7.82. The van der Waals surface area contributed by atoms with Crippen LogP contribution in [0.2, 0.25) is 0 Å². The van der Waals surface area contributed by atoms with Crippen molar-refractivity contribution in [1.29, 1.82) is 5.41 Å². The quantitative estimate of drug-likeness (QED) is 0.439. The number of rotatable bonds is 3. The van der Waals surface area contributed by atoms with Gasteiger partial charge in [0.1, 0.15) is 22.2 Å². The Labute approximate surface area is 125 Å². The summed E-state index contributed by atoms with van der Waals surface area (Å²) in [7, 11) is 1.84. The van der Waals surface area contributed by atoms with Crippen molar-refractivity contribution in [2.24, 2.45) is 12.8 Å². The number of hydrogen-bond donors (Lipinski definition) is 2. The van der Waals surface area contributed by atoms with Crippen molar-refractivity contribution in [3.63, 3.8) is 0 Å². The number of nitrogens with two attached hydrogens (primary N) is 1. The lowest BCUT2D eigenvalue weighted by Gasteiger charge is -2.07. The summed E-state index contributed by atoms with van der Waals surface area (Å²) in [6.07, 6.45) is 1.54. The van der Waals surface area contributed by atoms with Crippen molar-refractivity contribution in [3.05, 3.63) is 41.9 Å². The Morgan fingerprint density at radius 3 is 2.81 bits per heavy atom. The number of nitrogens with one attached hydrogen (secondary N) is 1. The first-order valence-corrected chi connectivity index (χ1v) is 7.15. The fraction of sp³-hybridized carbons (Fsp3) is 0.143. The van der Waals surface area contributed by atoms with Crippen molar-refractivity contribution in [3.8, 4) is 0 Å². The molecule has 0 aliphatic heterocycles. The van der Waals surface area contributed by atoms with Crippen LogP contribution < -0.4 is 5.73 Å². The maximum atomic E-state index is 7.74. The van der Waals surface area contributed by atoms with E-state index in [1.54, 1.807) is 11.0 Å². The molecule has 0 aliphatic rings. The molecule has 0 atom stereocenters. The lowest BCUT2D eigenvalue weighted by atomic mass is 10.2. The normalized spacial score (nSPS) is 11.0. The van der Waals surface area contributed by atoms with Gasteiger partial charge in [0.05, 0.1) is 16.8 Å². The largest absolute Gasteiger partial charge is 0.384 e. The Morgan fingerprint density at radius 1 is 1.29 bits per heavy atom. The van der Waals surface area contributed by atoms with Gasteiger partial charge in [-0.15, -0.1) is 0 Å². The van der Waals surface area contributed by atoms with Gasteiger partial charge in [0.25, 0.3) is 0 Å². The minimum Gasteiger partial charge on any atom is -0.384 e. The van der Waals surface area contributed by atoms with Crippen LogP contribution in [0.3, 0.4) is 0 Å². The number of para-hydroxylation sites is 1. The van der Waals surface area contributed by atoms with Crippen LogP contribution in [0.5, 0.6) is 0 Å². The Kier molecular flexibility index (Phi) is 3.34. The molecule has 3 rings (SSSR count). The van der Waals surface area contributed by atoms with Crippen LogP contribution in [0.4, 0.5) is 0 Å². The van der Waals surface area contributed by atoms with Crippen LogP contribution >= 0.6 is 11.8 Å². The first-order valence-electron chi connectivity index (χ1n) is 6.33. The smallest absolute Gasteiger partial charge is 0.127 e. The highest BCUT2D eigenvalue weighted by Crippen LogP contribution is 2.33. The minimum absolute atomic E-state index is 0.0152. The molecule has 7 heteroatoms. The van der Waals surface area contributed by atoms with Crippen LogP contribution in [0.25, 0.3) is 10.9 Å². The predicted molar refractivity (Wildman–Crippen MR) is 82.6 cm³/mol. The molecule has 2 aromatic heterocycles. The van der Waals surface area contributed by atoms with E-state index in [2.05, 4.69) is 15.1 Å². The van der Waals surface area contributed by atoms with E-state index in [1.165, 1.54) is 11.8 Å². The van der Waals surface area contributed by atoms with Crippen molar-refractivity contribution >= 4 is 28.5 Å². The van der Waals surface area contributed by atoms with E-state index in [4.69, 9.17) is 11.1 Å². The molecule has 0 fully saturated rings. The Hall–Kier alpha value is -2.41. The maximum Gasteiger partial charge on any atom is 0.127 e. The minimum atomic E-state index is 0.0152. The first-order chi connectivity index (χ1) is 10.1. The van der Waals surface area contributed by atoms with Crippen molar-refractivity contribution in [1.82, 2.24) is 19.7 Å². The number of nitrogen functional groups attached to an aromatic ring is 1. The third-order valence-corrected chi connectivity index (χ3v) is 4.32. The molecule has 2 heterocycles. The van der Waals surface area contributed by atoms with Gasteiger partial charge in [-0.2, -0.15) is 5.10 Å². The topological polar surface area (TPSA) is 93.5 Å². The number of benzene rings is 1. The van der Waals surface area contributed by atoms with Gasteiger partial charge in [-0.25, -0.2) is 9.97 Å². The third kappa shape index (κ3) is 2.36. The maximum absolute atomic E-state index is 7.74. The van der Waals surface area contributed by atoms with E-state index in [9.17, 15) is 0 Å². The molecule has 6 nitrogen and oxygen atoms in total. The molecule has 0 bridgehead atoms. The number of aryl methyl sites for hydroxylation is 2. The molecule has 3 aromatic rings. The second-order valence-corrected chi connectivity index (χ2v) is 5.58. The van der Waals surface area contributed by atoms with E-state index < -0.39 is 0 Å². The fourth-order valence-electron chi connectivity index (χ4n) is 2.22. The van der Waals surface area contributed by atoms with E-state index in [0.29, 0.717) is 5.56 Å². The molecule has 0 saturated heterocycles. The van der Waals surface area contributed by atoms with Crippen LogP contribution in [0.15, 0.2) is 40.6 Å². The molecule has 0 aliphatic carbocycles. The molecule has 1 aromatic carbocycles.